The van der Waals surface area contributed by atoms with E-state index >= 15 is 0 Å². The molecule has 4 nitrogen and oxygen atoms in total. The number of methoxy groups -OCH3 is 1. The Balaban J connectivity index is 2.18. The van der Waals surface area contributed by atoms with Gasteiger partial charge in [0, 0.05) is 16.1 Å². The Bertz CT molecular complexity index is 614. The number of hydrogen-bond acceptors (Lipinski definition) is 4. The second kappa shape index (κ2) is 5.93. The van der Waals surface area contributed by atoms with Crippen molar-refractivity contribution in [3.8, 4) is 5.88 Å². The Morgan fingerprint density at radius 3 is 2.79 bits per heavy atom. The molecule has 0 N–H and O–H groups in total. The Hall–Kier alpha value is -1.75. The van der Waals surface area contributed by atoms with Crippen LogP contribution < -0.4 is 4.74 Å². The average Bonchev–Trinajstić information content (AvgIpc) is 2.42. The van der Waals surface area contributed by atoms with Gasteiger partial charge in [-0.2, -0.15) is 0 Å². The first-order chi connectivity index (χ1) is 9.10. The number of benzene rings is 1. The molecule has 1 aromatic heterocycles. The fourth-order valence-electron chi connectivity index (χ4n) is 1.67. The third-order valence-corrected chi connectivity index (χ3v) is 3.62. The van der Waals surface area contributed by atoms with Crippen molar-refractivity contribution >= 4 is 21.7 Å². The minimum atomic E-state index is 0.0244. The zero-order valence-electron chi connectivity index (χ0n) is 10.7. The van der Waals surface area contributed by atoms with Crippen molar-refractivity contribution in [1.82, 2.24) is 9.97 Å². The number of halogens is 1. The van der Waals surface area contributed by atoms with Crippen LogP contribution in [0.1, 0.15) is 21.6 Å². The standard InChI is InChI=1S/C14H13BrN2O2/c1-9-5-10(3-4-12(9)15)13(18)6-11-7-14(19-2)17-8-16-11/h3-5,7-8H,6H2,1-2H3. The van der Waals surface area contributed by atoms with Crippen molar-refractivity contribution < 1.29 is 9.53 Å². The molecule has 5 heteroatoms. The first-order valence-corrected chi connectivity index (χ1v) is 6.53. The van der Waals surface area contributed by atoms with E-state index in [1.54, 1.807) is 12.1 Å². The summed E-state index contributed by atoms with van der Waals surface area (Å²) in [5.41, 5.74) is 2.36. The summed E-state index contributed by atoms with van der Waals surface area (Å²) < 4.78 is 6.00. The molecule has 0 spiro atoms. The monoisotopic (exact) mass is 320 g/mol. The summed E-state index contributed by atoms with van der Waals surface area (Å²) in [6.45, 7) is 1.95. The normalized spacial score (nSPS) is 10.3. The first-order valence-electron chi connectivity index (χ1n) is 5.74. The number of aryl methyl sites for hydroxylation is 1. The molecule has 0 atom stereocenters. The number of ether oxygens (including phenoxy) is 1. The van der Waals surface area contributed by atoms with Gasteiger partial charge < -0.3 is 4.74 Å². The summed E-state index contributed by atoms with van der Waals surface area (Å²) in [7, 11) is 1.53. The Labute approximate surface area is 120 Å². The van der Waals surface area contributed by atoms with Crippen LogP contribution in [0, 0.1) is 6.92 Å². The molecule has 0 radical (unpaired) electrons. The predicted molar refractivity (Wildman–Crippen MR) is 75.5 cm³/mol. The van der Waals surface area contributed by atoms with Crippen LogP contribution in [-0.4, -0.2) is 22.9 Å². The number of hydrogen-bond donors (Lipinski definition) is 0. The van der Waals surface area contributed by atoms with Crippen LogP contribution in [0.3, 0.4) is 0 Å². The molecule has 0 aliphatic heterocycles. The highest BCUT2D eigenvalue weighted by Crippen LogP contribution is 2.18. The number of nitrogens with zero attached hydrogens (tertiary/aromatic N) is 2. The van der Waals surface area contributed by atoms with E-state index in [1.807, 2.05) is 19.1 Å². The second-order valence-corrected chi connectivity index (χ2v) is 4.97. The van der Waals surface area contributed by atoms with Gasteiger partial charge in [-0.1, -0.05) is 22.0 Å². The van der Waals surface area contributed by atoms with Crippen molar-refractivity contribution in [2.24, 2.45) is 0 Å². The van der Waals surface area contributed by atoms with Gasteiger partial charge in [-0.3, -0.25) is 4.79 Å². The molecule has 2 aromatic rings. The lowest BCUT2D eigenvalue weighted by molar-refractivity contribution is 0.0992. The van der Waals surface area contributed by atoms with Gasteiger partial charge >= 0.3 is 0 Å². The van der Waals surface area contributed by atoms with Crippen LogP contribution in [0.4, 0.5) is 0 Å². The van der Waals surface area contributed by atoms with Crippen LogP contribution in [0.5, 0.6) is 5.88 Å². The fraction of sp³-hybridized carbons (Fsp3) is 0.214. The SMILES string of the molecule is COc1cc(CC(=O)c2ccc(Br)c(C)c2)ncn1. The second-order valence-electron chi connectivity index (χ2n) is 4.12. The third kappa shape index (κ3) is 3.38. The van der Waals surface area contributed by atoms with E-state index in [4.69, 9.17) is 4.74 Å². The number of ketones is 1. The van der Waals surface area contributed by atoms with Crippen molar-refractivity contribution in [1.29, 1.82) is 0 Å². The number of carbonyl (C=O) groups excluding carboxylic acids is 1. The maximum absolute atomic E-state index is 12.2. The molecule has 98 valence electrons. The molecule has 0 aliphatic carbocycles. The molecule has 0 aliphatic rings. The average molecular weight is 321 g/mol. The van der Waals surface area contributed by atoms with Crippen LogP contribution in [-0.2, 0) is 6.42 Å². The lowest BCUT2D eigenvalue weighted by Crippen LogP contribution is -2.06. The minimum Gasteiger partial charge on any atom is -0.481 e. The molecule has 0 fully saturated rings. The van der Waals surface area contributed by atoms with E-state index in [2.05, 4.69) is 25.9 Å². The summed E-state index contributed by atoms with van der Waals surface area (Å²) >= 11 is 3.42. The Kier molecular flexibility index (Phi) is 4.27. The van der Waals surface area contributed by atoms with Crippen LogP contribution in [0.25, 0.3) is 0 Å². The number of carbonyl (C=O) groups is 1. The van der Waals surface area contributed by atoms with Gasteiger partial charge in [-0.15, -0.1) is 0 Å². The number of Topliss-reactive ketones (excluding diaryl/α,β-unsaturated/α-hetero) is 1. The summed E-state index contributed by atoms with van der Waals surface area (Å²) in [6.07, 6.45) is 1.63. The summed E-state index contributed by atoms with van der Waals surface area (Å²) in [4.78, 5) is 20.1. The molecular weight excluding hydrogens is 308 g/mol. The zero-order chi connectivity index (χ0) is 13.8. The van der Waals surface area contributed by atoms with Crippen LogP contribution in [0.2, 0.25) is 0 Å². The smallest absolute Gasteiger partial charge is 0.216 e. The van der Waals surface area contributed by atoms with Crippen molar-refractivity contribution in [2.45, 2.75) is 13.3 Å². The van der Waals surface area contributed by atoms with E-state index in [-0.39, 0.29) is 12.2 Å². The van der Waals surface area contributed by atoms with Crippen molar-refractivity contribution in [3.63, 3.8) is 0 Å². The van der Waals surface area contributed by atoms with Gasteiger partial charge in [0.2, 0.25) is 5.88 Å². The summed E-state index contributed by atoms with van der Waals surface area (Å²) in [5.74, 6) is 0.487. The van der Waals surface area contributed by atoms with Gasteiger partial charge in [0.1, 0.15) is 6.33 Å². The highest BCUT2D eigenvalue weighted by atomic mass is 79.9. The van der Waals surface area contributed by atoms with E-state index < -0.39 is 0 Å². The molecular formula is C14H13BrN2O2. The third-order valence-electron chi connectivity index (χ3n) is 2.73. The van der Waals surface area contributed by atoms with Crippen molar-refractivity contribution in [2.75, 3.05) is 7.11 Å². The lowest BCUT2D eigenvalue weighted by atomic mass is 10.0. The molecule has 0 bridgehead atoms. The van der Waals surface area contributed by atoms with E-state index in [0.29, 0.717) is 17.1 Å². The molecule has 1 aromatic carbocycles. The maximum atomic E-state index is 12.2. The van der Waals surface area contributed by atoms with E-state index in [1.165, 1.54) is 13.4 Å². The molecule has 2 rings (SSSR count). The topological polar surface area (TPSA) is 52.1 Å². The summed E-state index contributed by atoms with van der Waals surface area (Å²) in [5, 5.41) is 0. The number of rotatable bonds is 4. The van der Waals surface area contributed by atoms with Crippen LogP contribution >= 0.6 is 15.9 Å². The fourth-order valence-corrected chi connectivity index (χ4v) is 1.92. The first kappa shape index (κ1) is 13.7. The van der Waals surface area contributed by atoms with Crippen molar-refractivity contribution in [3.05, 3.63) is 51.9 Å². The lowest BCUT2D eigenvalue weighted by Gasteiger charge is -2.04. The molecule has 0 amide bonds. The zero-order valence-corrected chi connectivity index (χ0v) is 12.3. The van der Waals surface area contributed by atoms with Gasteiger partial charge in [-0.05, 0) is 24.6 Å². The Morgan fingerprint density at radius 2 is 2.11 bits per heavy atom. The Morgan fingerprint density at radius 1 is 1.32 bits per heavy atom. The largest absolute Gasteiger partial charge is 0.481 e. The highest BCUT2D eigenvalue weighted by molar-refractivity contribution is 9.10. The molecule has 0 saturated carbocycles. The van der Waals surface area contributed by atoms with Gasteiger partial charge in [-0.25, -0.2) is 9.97 Å². The molecule has 19 heavy (non-hydrogen) atoms. The van der Waals surface area contributed by atoms with Gasteiger partial charge in [0.25, 0.3) is 0 Å². The predicted octanol–water partition coefficient (Wildman–Crippen LogP) is 2.98. The summed E-state index contributed by atoms with van der Waals surface area (Å²) in [6, 6.07) is 7.22. The minimum absolute atomic E-state index is 0.0244. The highest BCUT2D eigenvalue weighted by Gasteiger charge is 2.10. The quantitative estimate of drug-likeness (QED) is 0.813. The van der Waals surface area contributed by atoms with E-state index in [9.17, 15) is 4.79 Å². The van der Waals surface area contributed by atoms with Crippen LogP contribution in [0.15, 0.2) is 35.1 Å². The number of aromatic nitrogens is 2. The van der Waals surface area contributed by atoms with Gasteiger partial charge in [0.05, 0.1) is 19.2 Å². The van der Waals surface area contributed by atoms with E-state index in [0.717, 1.165) is 10.0 Å². The van der Waals surface area contributed by atoms with Gasteiger partial charge in [0.15, 0.2) is 5.78 Å². The maximum Gasteiger partial charge on any atom is 0.216 e. The molecule has 0 unspecified atom stereocenters. The molecule has 0 saturated heterocycles. The molecule has 1 heterocycles.